The zero-order chi connectivity index (χ0) is 19.5. The van der Waals surface area contributed by atoms with E-state index < -0.39 is 6.03 Å². The SMILES string of the molecule is CNC(=O)N/N=C(\C)c1cnc2nnn(Cc3ccc4ncccc4c3)c2n1. The van der Waals surface area contributed by atoms with Gasteiger partial charge in [-0.1, -0.05) is 17.3 Å². The van der Waals surface area contributed by atoms with E-state index >= 15 is 0 Å². The molecule has 140 valence electrons. The molecule has 0 aliphatic rings. The molecule has 1 aromatic carbocycles. The lowest BCUT2D eigenvalue weighted by molar-refractivity contribution is 0.243. The lowest BCUT2D eigenvalue weighted by Crippen LogP contribution is -2.29. The number of hydrogen-bond acceptors (Lipinski definition) is 7. The fourth-order valence-corrected chi connectivity index (χ4v) is 2.68. The van der Waals surface area contributed by atoms with Gasteiger partial charge in [0.15, 0.2) is 5.65 Å². The Bertz CT molecular complexity index is 1200. The molecular formula is C18H17N9O. The quantitative estimate of drug-likeness (QED) is 0.411. The van der Waals surface area contributed by atoms with Crippen molar-refractivity contribution < 1.29 is 4.79 Å². The number of nitrogens with zero attached hydrogens (tertiary/aromatic N) is 7. The molecule has 2 amide bonds. The number of amides is 2. The third kappa shape index (κ3) is 3.47. The third-order valence-corrected chi connectivity index (χ3v) is 4.15. The molecule has 28 heavy (non-hydrogen) atoms. The summed E-state index contributed by atoms with van der Waals surface area (Å²) in [5.41, 5.74) is 6.38. The van der Waals surface area contributed by atoms with Gasteiger partial charge in [-0.15, -0.1) is 5.10 Å². The Morgan fingerprint density at radius 1 is 1.25 bits per heavy atom. The highest BCUT2D eigenvalue weighted by Crippen LogP contribution is 2.15. The summed E-state index contributed by atoms with van der Waals surface area (Å²) in [7, 11) is 1.51. The van der Waals surface area contributed by atoms with Crippen molar-refractivity contribution >= 4 is 33.9 Å². The summed E-state index contributed by atoms with van der Waals surface area (Å²) in [6, 6.07) is 9.55. The van der Waals surface area contributed by atoms with Crippen LogP contribution in [0.25, 0.3) is 22.2 Å². The highest BCUT2D eigenvalue weighted by atomic mass is 16.2. The molecule has 0 aliphatic heterocycles. The minimum atomic E-state index is -0.411. The van der Waals surface area contributed by atoms with Crippen LogP contribution in [-0.4, -0.2) is 48.7 Å². The molecule has 0 saturated carbocycles. The number of hydrazone groups is 1. The molecule has 0 spiro atoms. The van der Waals surface area contributed by atoms with Gasteiger partial charge in [0.2, 0.25) is 5.65 Å². The predicted molar refractivity (Wildman–Crippen MR) is 104 cm³/mol. The molecular weight excluding hydrogens is 358 g/mol. The van der Waals surface area contributed by atoms with Crippen LogP contribution in [0.3, 0.4) is 0 Å². The van der Waals surface area contributed by atoms with Crippen LogP contribution in [0.4, 0.5) is 4.79 Å². The van der Waals surface area contributed by atoms with Crippen molar-refractivity contribution in [1.82, 2.24) is 40.7 Å². The van der Waals surface area contributed by atoms with Crippen molar-refractivity contribution in [2.75, 3.05) is 7.05 Å². The zero-order valence-electron chi connectivity index (χ0n) is 15.3. The molecule has 0 radical (unpaired) electrons. The van der Waals surface area contributed by atoms with E-state index in [1.54, 1.807) is 24.0 Å². The Balaban J connectivity index is 1.64. The van der Waals surface area contributed by atoms with Crippen molar-refractivity contribution in [3.8, 4) is 0 Å². The van der Waals surface area contributed by atoms with Crippen LogP contribution in [0.1, 0.15) is 18.2 Å². The van der Waals surface area contributed by atoms with Gasteiger partial charge in [-0.25, -0.2) is 24.9 Å². The largest absolute Gasteiger partial charge is 0.340 e. The highest BCUT2D eigenvalue weighted by molar-refractivity contribution is 5.98. The normalized spacial score (nSPS) is 11.7. The van der Waals surface area contributed by atoms with E-state index in [4.69, 9.17) is 0 Å². The van der Waals surface area contributed by atoms with Gasteiger partial charge >= 0.3 is 6.03 Å². The van der Waals surface area contributed by atoms with Gasteiger partial charge in [-0.2, -0.15) is 5.10 Å². The fourth-order valence-electron chi connectivity index (χ4n) is 2.68. The van der Waals surface area contributed by atoms with Gasteiger partial charge in [-0.05, 0) is 30.7 Å². The Hall–Kier alpha value is -3.95. The molecule has 3 heterocycles. The van der Waals surface area contributed by atoms with E-state index in [0.29, 0.717) is 29.2 Å². The summed E-state index contributed by atoms with van der Waals surface area (Å²) >= 11 is 0. The van der Waals surface area contributed by atoms with Gasteiger partial charge in [0.1, 0.15) is 5.69 Å². The first kappa shape index (κ1) is 17.5. The van der Waals surface area contributed by atoms with Gasteiger partial charge < -0.3 is 5.32 Å². The number of aromatic nitrogens is 6. The topological polar surface area (TPSA) is 123 Å². The molecule has 0 atom stereocenters. The van der Waals surface area contributed by atoms with Crippen molar-refractivity contribution in [2.24, 2.45) is 5.10 Å². The number of pyridine rings is 1. The molecule has 2 N–H and O–H groups in total. The van der Waals surface area contributed by atoms with Gasteiger partial charge in [0.25, 0.3) is 0 Å². The molecule has 0 saturated heterocycles. The van der Waals surface area contributed by atoms with Gasteiger partial charge in [0.05, 0.1) is 24.0 Å². The number of hydrogen-bond donors (Lipinski definition) is 2. The number of carbonyl (C=O) groups is 1. The minimum Gasteiger partial charge on any atom is -0.340 e. The van der Waals surface area contributed by atoms with Crippen LogP contribution in [0.2, 0.25) is 0 Å². The maximum absolute atomic E-state index is 11.3. The molecule has 0 unspecified atom stereocenters. The van der Waals surface area contributed by atoms with Gasteiger partial charge in [-0.3, -0.25) is 4.98 Å². The van der Waals surface area contributed by atoms with E-state index in [9.17, 15) is 4.79 Å². The minimum absolute atomic E-state index is 0.411. The molecule has 10 heteroatoms. The van der Waals surface area contributed by atoms with Crippen LogP contribution in [0.15, 0.2) is 47.8 Å². The van der Waals surface area contributed by atoms with Crippen LogP contribution >= 0.6 is 0 Å². The summed E-state index contributed by atoms with van der Waals surface area (Å²) in [6.45, 7) is 2.22. The van der Waals surface area contributed by atoms with Crippen LogP contribution in [-0.2, 0) is 6.54 Å². The zero-order valence-corrected chi connectivity index (χ0v) is 15.3. The highest BCUT2D eigenvalue weighted by Gasteiger charge is 2.11. The average Bonchev–Trinajstić information content (AvgIpc) is 3.13. The second kappa shape index (κ2) is 7.35. The molecule has 3 aromatic heterocycles. The van der Waals surface area contributed by atoms with Crippen LogP contribution < -0.4 is 10.7 Å². The van der Waals surface area contributed by atoms with E-state index in [0.717, 1.165) is 16.5 Å². The van der Waals surface area contributed by atoms with Crippen molar-refractivity contribution in [3.63, 3.8) is 0 Å². The van der Waals surface area contributed by atoms with Crippen LogP contribution in [0, 0.1) is 0 Å². The summed E-state index contributed by atoms with van der Waals surface area (Å²) in [5, 5.41) is 15.7. The maximum Gasteiger partial charge on any atom is 0.334 e. The second-order valence-electron chi connectivity index (χ2n) is 6.07. The summed E-state index contributed by atoms with van der Waals surface area (Å²) in [5.74, 6) is 0. The maximum atomic E-state index is 11.3. The first-order valence-corrected chi connectivity index (χ1v) is 8.56. The van der Waals surface area contributed by atoms with Gasteiger partial charge in [0, 0.05) is 18.6 Å². The second-order valence-corrected chi connectivity index (χ2v) is 6.07. The molecule has 4 rings (SSSR count). The van der Waals surface area contributed by atoms with E-state index in [1.807, 2.05) is 24.3 Å². The number of rotatable bonds is 4. The number of urea groups is 1. The number of benzene rings is 1. The van der Waals surface area contributed by atoms with E-state index in [2.05, 4.69) is 47.2 Å². The summed E-state index contributed by atoms with van der Waals surface area (Å²) < 4.78 is 1.68. The van der Waals surface area contributed by atoms with Crippen LogP contribution in [0.5, 0.6) is 0 Å². The third-order valence-electron chi connectivity index (χ3n) is 4.15. The van der Waals surface area contributed by atoms with Crippen molar-refractivity contribution in [1.29, 1.82) is 0 Å². The summed E-state index contributed by atoms with van der Waals surface area (Å²) in [4.78, 5) is 24.5. The average molecular weight is 375 g/mol. The van der Waals surface area contributed by atoms with Crippen molar-refractivity contribution in [2.45, 2.75) is 13.5 Å². The number of carbonyl (C=O) groups excluding carboxylic acids is 1. The molecule has 0 aliphatic carbocycles. The molecule has 10 nitrogen and oxygen atoms in total. The fraction of sp³-hybridized carbons (Fsp3) is 0.167. The Morgan fingerprint density at radius 3 is 3.00 bits per heavy atom. The standard InChI is InChI=1S/C18H17N9O/c1-11(23-25-18(28)19-2)15-9-21-16-17(22-15)27(26-24-16)10-12-5-6-14-13(8-12)4-3-7-20-14/h3-9H,10H2,1-2H3,(H2,19,25,28)/b23-11+. The Labute approximate surface area is 159 Å². The molecule has 0 fully saturated rings. The van der Waals surface area contributed by atoms with Crippen molar-refractivity contribution in [3.05, 3.63) is 54.0 Å². The number of fused-ring (bicyclic) bond motifs is 2. The number of nitrogens with one attached hydrogen (secondary N) is 2. The first-order valence-electron chi connectivity index (χ1n) is 8.56. The monoisotopic (exact) mass is 375 g/mol. The van der Waals surface area contributed by atoms with E-state index in [-0.39, 0.29) is 0 Å². The first-order chi connectivity index (χ1) is 13.6. The summed E-state index contributed by atoms with van der Waals surface area (Å²) in [6.07, 6.45) is 3.32. The Kier molecular flexibility index (Phi) is 4.58. The molecule has 0 bridgehead atoms. The Morgan fingerprint density at radius 2 is 2.14 bits per heavy atom. The molecule has 4 aromatic rings. The lowest BCUT2D eigenvalue weighted by atomic mass is 10.1. The lowest BCUT2D eigenvalue weighted by Gasteiger charge is -2.05. The van der Waals surface area contributed by atoms with E-state index in [1.165, 1.54) is 7.05 Å². The predicted octanol–water partition coefficient (Wildman–Crippen LogP) is 1.47. The smallest absolute Gasteiger partial charge is 0.334 e.